The van der Waals surface area contributed by atoms with Crippen molar-refractivity contribution in [2.45, 2.75) is 45.9 Å². The monoisotopic (exact) mass is 348 g/mol. The molecule has 2 aliphatic heterocycles. The maximum atomic E-state index is 13.3. The molecule has 0 saturated heterocycles. The van der Waals surface area contributed by atoms with Gasteiger partial charge in [-0.25, -0.2) is 9.18 Å². The second kappa shape index (κ2) is 7.35. The van der Waals surface area contributed by atoms with Crippen LogP contribution in [0.15, 0.2) is 51.8 Å². The second-order valence-electron chi connectivity index (χ2n) is 6.43. The van der Waals surface area contributed by atoms with Crippen LogP contribution < -0.4 is 5.32 Å². The molecule has 0 saturated carbocycles. The maximum absolute atomic E-state index is 13.3. The number of halogens is 1. The number of nitrogens with one attached hydrogen (secondary N) is 1. The van der Waals surface area contributed by atoms with Gasteiger partial charge in [-0.05, 0) is 50.5 Å². The average molecular weight is 348 g/mol. The van der Waals surface area contributed by atoms with Gasteiger partial charge in [0, 0.05) is 12.1 Å². The van der Waals surface area contributed by atoms with E-state index in [1.807, 2.05) is 0 Å². The maximum Gasteiger partial charge on any atom is 0.343 e. The van der Waals surface area contributed by atoms with E-state index >= 15 is 0 Å². The number of alkyl halides is 1. The molecule has 2 rings (SSSR count). The van der Waals surface area contributed by atoms with Gasteiger partial charge in [-0.3, -0.25) is 4.99 Å². The Morgan fingerprint density at radius 3 is 2.84 bits per heavy atom. The highest BCUT2D eigenvalue weighted by molar-refractivity contribution is 6.00. The molecule has 0 fully saturated rings. The van der Waals surface area contributed by atoms with Crippen LogP contribution in [0, 0.1) is 0 Å². The third kappa shape index (κ3) is 3.90. The van der Waals surface area contributed by atoms with E-state index in [0.717, 1.165) is 5.57 Å². The number of hydrogen-bond donors (Lipinski definition) is 2. The molecular weight excluding hydrogens is 323 g/mol. The fourth-order valence-corrected chi connectivity index (χ4v) is 2.82. The van der Waals surface area contributed by atoms with Gasteiger partial charge in [0.1, 0.15) is 12.8 Å². The number of cyclic esters (lactones) is 1. The van der Waals surface area contributed by atoms with Crippen molar-refractivity contribution >= 4 is 11.7 Å². The number of rotatable bonds is 5. The van der Waals surface area contributed by atoms with Crippen molar-refractivity contribution in [1.29, 1.82) is 0 Å². The first kappa shape index (κ1) is 19.1. The van der Waals surface area contributed by atoms with Gasteiger partial charge >= 0.3 is 5.97 Å². The standard InChI is InChI=1S/C19H25FN2O3/c1-6-19(24)15-8-17(21-9-14(15)10-25-18(19)23)13(5)22-16(11(2)3)7-12(4)20/h7-8,12,21,24H,2,6,9-10H2,1,3-5H3/b16-7+,22-13+/t12?,19-/m0/s1. The number of nitrogens with zero attached hydrogens (tertiary/aromatic N) is 1. The number of ether oxygens (including phenoxy) is 1. The van der Waals surface area contributed by atoms with Gasteiger partial charge in [-0.15, -0.1) is 0 Å². The number of dihydropyridines is 1. The fourth-order valence-electron chi connectivity index (χ4n) is 2.82. The van der Waals surface area contributed by atoms with Crippen molar-refractivity contribution in [3.8, 4) is 0 Å². The predicted molar refractivity (Wildman–Crippen MR) is 95.9 cm³/mol. The summed E-state index contributed by atoms with van der Waals surface area (Å²) >= 11 is 0. The molecule has 2 atom stereocenters. The first-order valence-electron chi connectivity index (χ1n) is 8.34. The van der Waals surface area contributed by atoms with Crippen LogP contribution in [0.2, 0.25) is 0 Å². The van der Waals surface area contributed by atoms with Gasteiger partial charge in [0.05, 0.1) is 17.1 Å². The van der Waals surface area contributed by atoms with Gasteiger partial charge in [0.2, 0.25) is 0 Å². The first-order valence-corrected chi connectivity index (χ1v) is 8.34. The summed E-state index contributed by atoms with van der Waals surface area (Å²) in [6.07, 6.45) is 2.22. The molecule has 0 aromatic heterocycles. The number of carbonyl (C=O) groups excluding carboxylic acids is 1. The van der Waals surface area contributed by atoms with Crippen molar-refractivity contribution < 1.29 is 19.0 Å². The minimum atomic E-state index is -1.64. The highest BCUT2D eigenvalue weighted by Gasteiger charge is 2.44. The van der Waals surface area contributed by atoms with E-state index < -0.39 is 17.7 Å². The van der Waals surface area contributed by atoms with Gasteiger partial charge in [-0.2, -0.15) is 0 Å². The van der Waals surface area contributed by atoms with Crippen LogP contribution in [-0.2, 0) is 9.53 Å². The zero-order chi connectivity index (χ0) is 18.8. The number of hydrogen-bond acceptors (Lipinski definition) is 5. The normalized spacial score (nSPS) is 25.7. The summed E-state index contributed by atoms with van der Waals surface area (Å²) in [5.41, 5.74) is 2.21. The Kier molecular flexibility index (Phi) is 5.62. The summed E-state index contributed by atoms with van der Waals surface area (Å²) in [5.74, 6) is -0.630. The summed E-state index contributed by atoms with van der Waals surface area (Å²) in [4.78, 5) is 16.5. The van der Waals surface area contributed by atoms with Crippen LogP contribution in [0.1, 0.15) is 34.1 Å². The first-order chi connectivity index (χ1) is 11.7. The van der Waals surface area contributed by atoms with Crippen LogP contribution >= 0.6 is 0 Å². The van der Waals surface area contributed by atoms with Crippen molar-refractivity contribution in [2.24, 2.45) is 4.99 Å². The molecule has 2 aliphatic rings. The molecule has 0 aromatic rings. The topological polar surface area (TPSA) is 70.9 Å². The van der Waals surface area contributed by atoms with E-state index in [0.29, 0.717) is 34.8 Å². The van der Waals surface area contributed by atoms with Crippen LogP contribution in [0.5, 0.6) is 0 Å². The number of allylic oxidation sites excluding steroid dienone is 3. The van der Waals surface area contributed by atoms with Crippen molar-refractivity contribution in [3.63, 3.8) is 0 Å². The summed E-state index contributed by atoms with van der Waals surface area (Å²) < 4.78 is 18.4. The second-order valence-corrected chi connectivity index (χ2v) is 6.43. The zero-order valence-electron chi connectivity index (χ0n) is 15.1. The average Bonchev–Trinajstić information content (AvgIpc) is 2.56. The van der Waals surface area contributed by atoms with E-state index in [9.17, 15) is 14.3 Å². The van der Waals surface area contributed by atoms with Crippen molar-refractivity contribution in [1.82, 2.24) is 5.32 Å². The number of carbonyl (C=O) groups is 1. The minimum Gasteiger partial charge on any atom is -0.459 e. The minimum absolute atomic E-state index is 0.166. The quantitative estimate of drug-likeness (QED) is 0.455. The van der Waals surface area contributed by atoms with E-state index in [4.69, 9.17) is 4.74 Å². The highest BCUT2D eigenvalue weighted by Crippen LogP contribution is 2.33. The van der Waals surface area contributed by atoms with Crippen LogP contribution in [0.25, 0.3) is 0 Å². The summed E-state index contributed by atoms with van der Waals surface area (Å²) in [5, 5.41) is 13.9. The molecular formula is C19H25FN2O3. The molecule has 0 aliphatic carbocycles. The van der Waals surface area contributed by atoms with E-state index in [-0.39, 0.29) is 13.0 Å². The Morgan fingerprint density at radius 1 is 1.60 bits per heavy atom. The molecule has 25 heavy (non-hydrogen) atoms. The van der Waals surface area contributed by atoms with Gasteiger partial charge < -0.3 is 15.2 Å². The summed E-state index contributed by atoms with van der Waals surface area (Å²) in [6.45, 7) is 11.2. The molecule has 0 aromatic carbocycles. The fraction of sp³-hybridized carbons (Fsp3) is 0.474. The van der Waals surface area contributed by atoms with Gasteiger partial charge in [0.15, 0.2) is 5.60 Å². The van der Waals surface area contributed by atoms with Crippen LogP contribution in [0.4, 0.5) is 4.39 Å². The third-order valence-corrected chi connectivity index (χ3v) is 4.34. The number of esters is 1. The smallest absolute Gasteiger partial charge is 0.343 e. The van der Waals surface area contributed by atoms with Gasteiger partial charge in [-0.1, -0.05) is 13.5 Å². The molecule has 0 bridgehead atoms. The van der Waals surface area contributed by atoms with E-state index in [1.54, 1.807) is 26.8 Å². The molecule has 0 amide bonds. The zero-order valence-corrected chi connectivity index (χ0v) is 15.1. The molecule has 1 unspecified atom stereocenters. The molecule has 0 spiro atoms. The van der Waals surface area contributed by atoms with Crippen LogP contribution in [0.3, 0.4) is 0 Å². The third-order valence-electron chi connectivity index (χ3n) is 4.34. The summed E-state index contributed by atoms with van der Waals surface area (Å²) in [6, 6.07) is 0. The van der Waals surface area contributed by atoms with E-state index in [1.165, 1.54) is 13.0 Å². The largest absolute Gasteiger partial charge is 0.459 e. The lowest BCUT2D eigenvalue weighted by atomic mass is 9.83. The lowest BCUT2D eigenvalue weighted by Gasteiger charge is -2.35. The Labute approximate surface area is 147 Å². The molecule has 2 heterocycles. The van der Waals surface area contributed by atoms with Gasteiger partial charge in [0.25, 0.3) is 0 Å². The lowest BCUT2D eigenvalue weighted by molar-refractivity contribution is -0.162. The molecule has 0 radical (unpaired) electrons. The molecule has 136 valence electrons. The predicted octanol–water partition coefficient (Wildman–Crippen LogP) is 2.75. The molecule has 6 heteroatoms. The Hall–Kier alpha value is -2.21. The highest BCUT2D eigenvalue weighted by atomic mass is 19.1. The Morgan fingerprint density at radius 2 is 2.28 bits per heavy atom. The number of aliphatic hydroxyl groups is 1. The van der Waals surface area contributed by atoms with Crippen LogP contribution in [-0.4, -0.2) is 41.7 Å². The van der Waals surface area contributed by atoms with E-state index in [2.05, 4.69) is 16.9 Å². The van der Waals surface area contributed by atoms with Crippen molar-refractivity contribution in [2.75, 3.05) is 13.2 Å². The number of aliphatic imine (C=N–C) groups is 1. The summed E-state index contributed by atoms with van der Waals surface area (Å²) in [7, 11) is 0. The van der Waals surface area contributed by atoms with Crippen molar-refractivity contribution in [3.05, 3.63) is 46.8 Å². The Bertz CT molecular complexity index is 716. The molecule has 2 N–H and O–H groups in total. The lowest BCUT2D eigenvalue weighted by Crippen LogP contribution is -2.48. The molecule has 5 nitrogen and oxygen atoms in total. The Balaban J connectivity index is 2.42. The SMILES string of the molecule is C=C(C)C(=C\C(C)F)/N=C(\C)C1=CC2=C(CN1)COC(=O)[C@]2(O)CC.